The molecule has 0 aromatic carbocycles. The van der Waals surface area contributed by atoms with E-state index in [-0.39, 0.29) is 24.2 Å². The Morgan fingerprint density at radius 1 is 1.12 bits per heavy atom. The Balaban J connectivity index is 1.55. The quantitative estimate of drug-likeness (QED) is 0.472. The van der Waals surface area contributed by atoms with E-state index < -0.39 is 0 Å². The molecule has 8 heteroatoms. The smallest absolute Gasteiger partial charge is 0.230 e. The summed E-state index contributed by atoms with van der Waals surface area (Å²) in [6, 6.07) is 8.91. The molecule has 0 aliphatic carbocycles. The number of pyridine rings is 3. The van der Waals surface area contributed by atoms with Gasteiger partial charge >= 0.3 is 0 Å². The number of ketones is 1. The van der Waals surface area contributed by atoms with Crippen LogP contribution in [0.1, 0.15) is 47.1 Å². The van der Waals surface area contributed by atoms with Crippen LogP contribution in [-0.4, -0.2) is 31.2 Å². The zero-order valence-electron chi connectivity index (χ0n) is 17.6. The van der Waals surface area contributed by atoms with Crippen LogP contribution in [-0.2, 0) is 11.2 Å². The fourth-order valence-electron chi connectivity index (χ4n) is 3.46. The Hall–Kier alpha value is -4.38. The van der Waals surface area contributed by atoms with Crippen molar-refractivity contribution in [3.8, 4) is 6.07 Å². The van der Waals surface area contributed by atoms with Crippen molar-refractivity contribution >= 4 is 28.3 Å². The van der Waals surface area contributed by atoms with Crippen LogP contribution in [0.2, 0.25) is 0 Å². The summed E-state index contributed by atoms with van der Waals surface area (Å²) in [6.07, 6.45) is 9.65. The standard InChI is InChI=1S/C24H20N6O2/c1-15(2)30-14-21(20-13-26-6-5-22(20)30)24(32)17-7-19(12-27-11-17)29-23(31)8-18-4-3-16(9-25)10-28-18/h3-7,10-15H,8H2,1-2H3,(H,29,31). The van der Waals surface area contributed by atoms with Crippen molar-refractivity contribution in [2.45, 2.75) is 26.3 Å². The van der Waals surface area contributed by atoms with Gasteiger partial charge in [-0.2, -0.15) is 5.26 Å². The van der Waals surface area contributed by atoms with Crippen molar-refractivity contribution in [3.63, 3.8) is 0 Å². The fraction of sp³-hybridized carbons (Fsp3) is 0.167. The number of aromatic nitrogens is 4. The Morgan fingerprint density at radius 3 is 2.69 bits per heavy atom. The maximum atomic E-state index is 13.3. The van der Waals surface area contributed by atoms with Crippen LogP contribution < -0.4 is 5.32 Å². The van der Waals surface area contributed by atoms with E-state index in [1.807, 2.05) is 22.9 Å². The zero-order chi connectivity index (χ0) is 22.7. The highest BCUT2D eigenvalue weighted by Crippen LogP contribution is 2.26. The average molecular weight is 424 g/mol. The van der Waals surface area contributed by atoms with E-state index in [2.05, 4.69) is 34.1 Å². The van der Waals surface area contributed by atoms with Gasteiger partial charge in [0.1, 0.15) is 6.07 Å². The molecule has 4 aromatic heterocycles. The lowest BCUT2D eigenvalue weighted by molar-refractivity contribution is -0.115. The van der Waals surface area contributed by atoms with Gasteiger partial charge in [0.05, 0.1) is 29.4 Å². The first kappa shape index (κ1) is 20.9. The zero-order valence-corrected chi connectivity index (χ0v) is 17.6. The predicted octanol–water partition coefficient (Wildman–Crippen LogP) is 3.69. The summed E-state index contributed by atoms with van der Waals surface area (Å²) in [5.74, 6) is -0.492. The highest BCUT2D eigenvalue weighted by Gasteiger charge is 2.19. The molecule has 1 amide bonds. The average Bonchev–Trinajstić information content (AvgIpc) is 3.19. The summed E-state index contributed by atoms with van der Waals surface area (Å²) in [5.41, 5.74) is 3.22. The van der Waals surface area contributed by atoms with Crippen molar-refractivity contribution in [2.24, 2.45) is 0 Å². The summed E-state index contributed by atoms with van der Waals surface area (Å²) >= 11 is 0. The normalized spacial score (nSPS) is 10.8. The summed E-state index contributed by atoms with van der Waals surface area (Å²) in [7, 11) is 0. The number of fused-ring (bicyclic) bond motifs is 1. The number of rotatable bonds is 6. The molecule has 32 heavy (non-hydrogen) atoms. The van der Waals surface area contributed by atoms with E-state index in [1.54, 1.807) is 30.6 Å². The molecule has 0 fully saturated rings. The number of anilines is 1. The summed E-state index contributed by atoms with van der Waals surface area (Å²) < 4.78 is 2.04. The van der Waals surface area contributed by atoms with Crippen LogP contribution in [0, 0.1) is 11.3 Å². The molecule has 0 unspecified atom stereocenters. The SMILES string of the molecule is CC(C)n1cc(C(=O)c2cncc(NC(=O)Cc3ccc(C#N)cn3)c2)c2cnccc21. The minimum absolute atomic E-state index is 0.0391. The molecule has 4 heterocycles. The topological polar surface area (TPSA) is 114 Å². The second-order valence-electron chi connectivity index (χ2n) is 7.60. The van der Waals surface area contributed by atoms with Gasteiger partial charge in [0.2, 0.25) is 5.91 Å². The van der Waals surface area contributed by atoms with Crippen LogP contribution in [0.15, 0.2) is 61.4 Å². The molecule has 0 aliphatic heterocycles. The maximum absolute atomic E-state index is 13.3. The third kappa shape index (κ3) is 4.23. The van der Waals surface area contributed by atoms with Crippen LogP contribution in [0.25, 0.3) is 10.9 Å². The maximum Gasteiger partial charge on any atom is 0.230 e. The highest BCUT2D eigenvalue weighted by atomic mass is 16.1. The first-order chi connectivity index (χ1) is 15.5. The third-order valence-electron chi connectivity index (χ3n) is 5.02. The molecular formula is C24H20N6O2. The van der Waals surface area contributed by atoms with E-state index in [0.717, 1.165) is 10.9 Å². The van der Waals surface area contributed by atoms with Gasteiger partial charge in [-0.3, -0.25) is 24.5 Å². The lowest BCUT2D eigenvalue weighted by atomic mass is 10.0. The summed E-state index contributed by atoms with van der Waals surface area (Å²) in [6.45, 7) is 4.10. The first-order valence-electron chi connectivity index (χ1n) is 10.1. The van der Waals surface area contributed by atoms with Gasteiger partial charge in [-0.05, 0) is 38.1 Å². The van der Waals surface area contributed by atoms with Gasteiger partial charge < -0.3 is 9.88 Å². The van der Waals surface area contributed by atoms with Crippen molar-refractivity contribution in [1.82, 2.24) is 19.5 Å². The van der Waals surface area contributed by atoms with Crippen molar-refractivity contribution in [1.29, 1.82) is 5.26 Å². The monoisotopic (exact) mass is 424 g/mol. The van der Waals surface area contributed by atoms with E-state index in [0.29, 0.717) is 28.1 Å². The molecule has 0 saturated carbocycles. The number of nitrogens with one attached hydrogen (secondary N) is 1. The first-order valence-corrected chi connectivity index (χ1v) is 10.1. The summed E-state index contributed by atoms with van der Waals surface area (Å²) in [5, 5.41) is 12.4. The lowest BCUT2D eigenvalue weighted by Crippen LogP contribution is -2.16. The fourth-order valence-corrected chi connectivity index (χ4v) is 3.46. The van der Waals surface area contributed by atoms with Gasteiger partial charge in [-0.25, -0.2) is 0 Å². The molecule has 4 rings (SSSR count). The molecule has 0 bridgehead atoms. The van der Waals surface area contributed by atoms with E-state index >= 15 is 0 Å². The molecule has 0 saturated heterocycles. The van der Waals surface area contributed by atoms with Gasteiger partial charge in [-0.15, -0.1) is 0 Å². The number of amides is 1. The van der Waals surface area contributed by atoms with Crippen molar-refractivity contribution < 1.29 is 9.59 Å². The minimum Gasteiger partial charge on any atom is -0.344 e. The van der Waals surface area contributed by atoms with Gasteiger partial charge in [0.15, 0.2) is 5.78 Å². The van der Waals surface area contributed by atoms with Crippen LogP contribution in [0.5, 0.6) is 0 Å². The minimum atomic E-state index is -0.297. The number of nitrogens with zero attached hydrogens (tertiary/aromatic N) is 5. The Morgan fingerprint density at radius 2 is 1.97 bits per heavy atom. The molecule has 0 aliphatic rings. The molecule has 4 aromatic rings. The second-order valence-corrected chi connectivity index (χ2v) is 7.60. The molecule has 158 valence electrons. The molecule has 1 N–H and O–H groups in total. The largest absolute Gasteiger partial charge is 0.344 e. The van der Waals surface area contributed by atoms with Gasteiger partial charge in [0.25, 0.3) is 0 Å². The van der Waals surface area contributed by atoms with Gasteiger partial charge in [0, 0.05) is 59.2 Å². The second kappa shape index (κ2) is 8.78. The van der Waals surface area contributed by atoms with Crippen molar-refractivity contribution in [3.05, 3.63) is 83.8 Å². The van der Waals surface area contributed by atoms with Crippen LogP contribution in [0.4, 0.5) is 5.69 Å². The Bertz CT molecular complexity index is 1350. The highest BCUT2D eigenvalue weighted by molar-refractivity contribution is 6.16. The molecule has 0 spiro atoms. The van der Waals surface area contributed by atoms with E-state index in [9.17, 15) is 9.59 Å². The van der Waals surface area contributed by atoms with Gasteiger partial charge in [-0.1, -0.05) is 0 Å². The molecule has 0 radical (unpaired) electrons. The van der Waals surface area contributed by atoms with Crippen LogP contribution >= 0.6 is 0 Å². The summed E-state index contributed by atoms with van der Waals surface area (Å²) in [4.78, 5) is 38.1. The number of nitriles is 1. The van der Waals surface area contributed by atoms with Crippen LogP contribution in [0.3, 0.4) is 0 Å². The molecular weight excluding hydrogens is 404 g/mol. The lowest BCUT2D eigenvalue weighted by Gasteiger charge is -2.08. The van der Waals surface area contributed by atoms with E-state index in [1.165, 1.54) is 18.6 Å². The number of carbonyl (C=O) groups is 2. The number of hydrogen-bond acceptors (Lipinski definition) is 6. The molecule has 0 atom stereocenters. The third-order valence-corrected chi connectivity index (χ3v) is 5.02. The predicted molar refractivity (Wildman–Crippen MR) is 119 cm³/mol. The number of hydrogen-bond donors (Lipinski definition) is 1. The Kier molecular flexibility index (Phi) is 5.73. The number of carbonyl (C=O) groups excluding carboxylic acids is 2. The van der Waals surface area contributed by atoms with Crippen molar-refractivity contribution in [2.75, 3.05) is 5.32 Å². The molecule has 8 nitrogen and oxygen atoms in total. The Labute approximate surface area is 184 Å². The van der Waals surface area contributed by atoms with E-state index in [4.69, 9.17) is 5.26 Å².